The average molecular weight is 178 g/mol. The van der Waals surface area contributed by atoms with Gasteiger partial charge in [0.25, 0.3) is 0 Å². The molecule has 2 nitrogen and oxygen atoms in total. The predicted octanol–water partition coefficient (Wildman–Crippen LogP) is 1.42. The first-order chi connectivity index (χ1) is 4.90. The van der Waals surface area contributed by atoms with Crippen molar-refractivity contribution in [1.29, 1.82) is 0 Å². The molecule has 0 saturated carbocycles. The van der Waals surface area contributed by atoms with Crippen molar-refractivity contribution in [2.24, 2.45) is 5.92 Å². The van der Waals surface area contributed by atoms with Crippen molar-refractivity contribution in [2.45, 2.75) is 44.6 Å². The maximum Gasteiger partial charge on any atom is 0.174 e. The number of hydrogen-bond donors (Lipinski definition) is 3. The Kier molecular flexibility index (Phi) is 4.44. The molecule has 68 valence electrons. The van der Waals surface area contributed by atoms with Crippen LogP contribution in [0.1, 0.15) is 33.6 Å². The van der Waals surface area contributed by atoms with Crippen molar-refractivity contribution >= 4 is 12.6 Å². The standard InChI is InChI=1S/C8H18O2S/c1-4-7(11)8(9,10)5-6(2)3/h6-7,9-11H,4-5H2,1-3H3. The van der Waals surface area contributed by atoms with E-state index in [4.69, 9.17) is 0 Å². The van der Waals surface area contributed by atoms with Gasteiger partial charge in [0.15, 0.2) is 5.79 Å². The van der Waals surface area contributed by atoms with Gasteiger partial charge in [-0.2, -0.15) is 12.6 Å². The zero-order valence-electron chi connectivity index (χ0n) is 7.41. The fourth-order valence-electron chi connectivity index (χ4n) is 1.06. The van der Waals surface area contributed by atoms with Gasteiger partial charge < -0.3 is 10.2 Å². The highest BCUT2D eigenvalue weighted by Gasteiger charge is 2.30. The molecule has 2 N–H and O–H groups in total. The summed E-state index contributed by atoms with van der Waals surface area (Å²) in [7, 11) is 0. The number of thiol groups is 1. The van der Waals surface area contributed by atoms with E-state index >= 15 is 0 Å². The van der Waals surface area contributed by atoms with Gasteiger partial charge in [-0.25, -0.2) is 0 Å². The van der Waals surface area contributed by atoms with Gasteiger partial charge in [0, 0.05) is 6.42 Å². The number of aliphatic hydroxyl groups is 2. The van der Waals surface area contributed by atoms with Crippen LogP contribution in [0.5, 0.6) is 0 Å². The molecule has 0 aromatic carbocycles. The lowest BCUT2D eigenvalue weighted by Gasteiger charge is -2.28. The highest BCUT2D eigenvalue weighted by atomic mass is 32.1. The summed E-state index contributed by atoms with van der Waals surface area (Å²) in [5, 5.41) is 18.5. The number of hydrogen-bond acceptors (Lipinski definition) is 3. The molecule has 0 aliphatic heterocycles. The Morgan fingerprint density at radius 1 is 1.36 bits per heavy atom. The molecule has 0 saturated heterocycles. The van der Waals surface area contributed by atoms with Crippen LogP contribution in [0.25, 0.3) is 0 Å². The SMILES string of the molecule is CCC(S)C(O)(O)CC(C)C. The largest absolute Gasteiger partial charge is 0.365 e. The van der Waals surface area contributed by atoms with Gasteiger partial charge in [-0.1, -0.05) is 20.8 Å². The Hall–Kier alpha value is 0.270. The molecular formula is C8H18O2S. The smallest absolute Gasteiger partial charge is 0.174 e. The summed E-state index contributed by atoms with van der Waals surface area (Å²) < 4.78 is 0. The van der Waals surface area contributed by atoms with E-state index < -0.39 is 5.79 Å². The minimum atomic E-state index is -1.61. The van der Waals surface area contributed by atoms with E-state index in [9.17, 15) is 10.2 Å². The van der Waals surface area contributed by atoms with Gasteiger partial charge >= 0.3 is 0 Å². The quantitative estimate of drug-likeness (QED) is 0.450. The third-order valence-electron chi connectivity index (χ3n) is 1.63. The topological polar surface area (TPSA) is 40.5 Å². The zero-order valence-corrected chi connectivity index (χ0v) is 8.30. The van der Waals surface area contributed by atoms with E-state index in [-0.39, 0.29) is 11.2 Å². The van der Waals surface area contributed by atoms with Crippen molar-refractivity contribution in [3.63, 3.8) is 0 Å². The molecular weight excluding hydrogens is 160 g/mol. The fraction of sp³-hybridized carbons (Fsp3) is 1.00. The third-order valence-corrected chi connectivity index (χ3v) is 2.41. The molecule has 0 amide bonds. The van der Waals surface area contributed by atoms with Crippen LogP contribution in [0, 0.1) is 5.92 Å². The predicted molar refractivity (Wildman–Crippen MR) is 49.7 cm³/mol. The highest BCUT2D eigenvalue weighted by Crippen LogP contribution is 2.23. The Morgan fingerprint density at radius 2 is 1.82 bits per heavy atom. The fourth-order valence-corrected chi connectivity index (χ4v) is 1.17. The molecule has 0 heterocycles. The van der Waals surface area contributed by atoms with Crippen molar-refractivity contribution in [1.82, 2.24) is 0 Å². The van der Waals surface area contributed by atoms with Crippen molar-refractivity contribution < 1.29 is 10.2 Å². The molecule has 0 aromatic rings. The Balaban J connectivity index is 3.98. The third kappa shape index (κ3) is 3.99. The minimum Gasteiger partial charge on any atom is -0.365 e. The molecule has 0 rings (SSSR count). The van der Waals surface area contributed by atoms with Crippen LogP contribution in [-0.2, 0) is 0 Å². The molecule has 3 heteroatoms. The maximum absolute atomic E-state index is 9.43. The van der Waals surface area contributed by atoms with Crippen LogP contribution >= 0.6 is 12.6 Å². The van der Waals surface area contributed by atoms with E-state index in [1.165, 1.54) is 0 Å². The van der Waals surface area contributed by atoms with E-state index in [1.807, 2.05) is 20.8 Å². The summed E-state index contributed by atoms with van der Waals surface area (Å²) in [4.78, 5) is 0. The summed E-state index contributed by atoms with van der Waals surface area (Å²) in [6.07, 6.45) is 1.05. The monoisotopic (exact) mass is 178 g/mol. The van der Waals surface area contributed by atoms with Gasteiger partial charge in [-0.15, -0.1) is 0 Å². The summed E-state index contributed by atoms with van der Waals surface area (Å²) in [6, 6.07) is 0. The lowest BCUT2D eigenvalue weighted by Crippen LogP contribution is -2.39. The van der Waals surface area contributed by atoms with Crippen LogP contribution in [0.4, 0.5) is 0 Å². The molecule has 11 heavy (non-hydrogen) atoms. The van der Waals surface area contributed by atoms with Crippen LogP contribution in [0.2, 0.25) is 0 Å². The second kappa shape index (κ2) is 4.33. The molecule has 0 fully saturated rings. The first kappa shape index (κ1) is 11.3. The second-order valence-electron chi connectivity index (χ2n) is 3.40. The normalized spacial score (nSPS) is 15.5. The minimum absolute atomic E-state index is 0.284. The van der Waals surface area contributed by atoms with Gasteiger partial charge in [-0.05, 0) is 12.3 Å². The molecule has 0 aromatic heterocycles. The molecule has 0 aliphatic carbocycles. The summed E-state index contributed by atoms with van der Waals surface area (Å²) in [5.41, 5.74) is 0. The Morgan fingerprint density at radius 3 is 2.09 bits per heavy atom. The molecule has 0 radical (unpaired) electrons. The second-order valence-corrected chi connectivity index (χ2v) is 4.02. The molecule has 0 spiro atoms. The first-order valence-corrected chi connectivity index (χ1v) is 4.54. The average Bonchev–Trinajstić information content (AvgIpc) is 1.83. The van der Waals surface area contributed by atoms with Crippen LogP contribution < -0.4 is 0 Å². The summed E-state index contributed by atoms with van der Waals surface area (Å²) in [5.74, 6) is -1.32. The summed E-state index contributed by atoms with van der Waals surface area (Å²) >= 11 is 4.09. The highest BCUT2D eigenvalue weighted by molar-refractivity contribution is 7.81. The maximum atomic E-state index is 9.43. The summed E-state index contributed by atoms with van der Waals surface area (Å²) in [6.45, 7) is 5.80. The van der Waals surface area contributed by atoms with Crippen LogP contribution in [0.3, 0.4) is 0 Å². The lowest BCUT2D eigenvalue weighted by atomic mass is 9.99. The molecule has 0 aliphatic rings. The Bertz CT molecular complexity index is 113. The van der Waals surface area contributed by atoms with E-state index in [1.54, 1.807) is 0 Å². The van der Waals surface area contributed by atoms with Gasteiger partial charge in [-0.3, -0.25) is 0 Å². The van der Waals surface area contributed by atoms with Gasteiger partial charge in [0.05, 0.1) is 5.25 Å². The van der Waals surface area contributed by atoms with Crippen LogP contribution in [-0.4, -0.2) is 21.3 Å². The van der Waals surface area contributed by atoms with Gasteiger partial charge in [0.2, 0.25) is 0 Å². The Labute approximate surface area is 74.0 Å². The molecule has 1 atom stereocenters. The van der Waals surface area contributed by atoms with Gasteiger partial charge in [0.1, 0.15) is 0 Å². The van der Waals surface area contributed by atoms with Crippen LogP contribution in [0.15, 0.2) is 0 Å². The van der Waals surface area contributed by atoms with Crippen molar-refractivity contribution in [3.8, 4) is 0 Å². The van der Waals surface area contributed by atoms with Crippen molar-refractivity contribution in [2.75, 3.05) is 0 Å². The molecule has 0 bridgehead atoms. The zero-order chi connectivity index (χ0) is 9.07. The van der Waals surface area contributed by atoms with E-state index in [0.717, 1.165) is 0 Å². The van der Waals surface area contributed by atoms with E-state index in [0.29, 0.717) is 12.8 Å². The first-order valence-electron chi connectivity index (χ1n) is 4.03. The number of rotatable bonds is 4. The lowest BCUT2D eigenvalue weighted by molar-refractivity contribution is -0.171. The van der Waals surface area contributed by atoms with E-state index in [2.05, 4.69) is 12.6 Å². The van der Waals surface area contributed by atoms with Crippen molar-refractivity contribution in [3.05, 3.63) is 0 Å². The molecule has 1 unspecified atom stereocenters.